The molecule has 1 atom stereocenters. The van der Waals surface area contributed by atoms with Gasteiger partial charge in [0, 0.05) is 23.8 Å². The molecule has 1 aromatic carbocycles. The third-order valence-electron chi connectivity index (χ3n) is 5.48. The number of imidazole rings is 1. The van der Waals surface area contributed by atoms with Crippen molar-refractivity contribution >= 4 is 49.2 Å². The number of hydrogen-bond acceptors (Lipinski definition) is 5. The van der Waals surface area contributed by atoms with Crippen LogP contribution in [0.1, 0.15) is 17.5 Å². The monoisotopic (exact) mass is 434 g/mol. The van der Waals surface area contributed by atoms with Crippen LogP contribution in [-0.4, -0.2) is 42.8 Å². The zero-order valence-corrected chi connectivity index (χ0v) is 17.6. The first-order chi connectivity index (χ1) is 13.4. The molecule has 5 rings (SSSR count). The number of allylic oxidation sites excluding steroid dienone is 1. The summed E-state index contributed by atoms with van der Waals surface area (Å²) in [6.07, 6.45) is 5.99. The molecule has 0 bridgehead atoms. The predicted octanol–water partition coefficient (Wildman–Crippen LogP) is 3.74. The second kappa shape index (κ2) is 6.59. The molecule has 3 aromatic rings. The highest BCUT2D eigenvalue weighted by molar-refractivity contribution is 7.92. The van der Waals surface area contributed by atoms with E-state index in [0.717, 1.165) is 31.5 Å². The number of likely N-dealkylation sites (tertiary alicyclic amines) is 1. The minimum absolute atomic E-state index is 0.0184. The standard InChI is InChI=1S/C19H19ClN4O2S2/c1-23-7-6-13(11-23)15-5-3-12-2-4-14(10-16(12)15)22-28(25,26)18-17(20)21-19-24(18)8-9-27-19/h2,4-5,8-10,13,22H,3,6-7,11H2,1H3. The van der Waals surface area contributed by atoms with Crippen molar-refractivity contribution in [3.05, 3.63) is 52.1 Å². The van der Waals surface area contributed by atoms with Crippen LogP contribution in [-0.2, 0) is 16.4 Å². The van der Waals surface area contributed by atoms with Crippen molar-refractivity contribution in [2.24, 2.45) is 5.92 Å². The van der Waals surface area contributed by atoms with Crippen molar-refractivity contribution in [2.45, 2.75) is 17.9 Å². The Balaban J connectivity index is 1.48. The van der Waals surface area contributed by atoms with Gasteiger partial charge >= 0.3 is 0 Å². The maximum atomic E-state index is 13.0. The normalized spacial score (nSPS) is 19.9. The summed E-state index contributed by atoms with van der Waals surface area (Å²) in [6, 6.07) is 5.77. The number of halogens is 1. The number of rotatable bonds is 4. The van der Waals surface area contributed by atoms with E-state index in [-0.39, 0.29) is 10.2 Å². The molecule has 0 amide bonds. The average molecular weight is 435 g/mol. The third kappa shape index (κ3) is 2.95. The summed E-state index contributed by atoms with van der Waals surface area (Å²) in [4.78, 5) is 7.01. The molecule has 2 aromatic heterocycles. The SMILES string of the molecule is CN1CCC(C2=CCc3ccc(NS(=O)(=O)c4c(Cl)nc5sccn45)cc32)C1. The van der Waals surface area contributed by atoms with Crippen molar-refractivity contribution in [1.82, 2.24) is 14.3 Å². The Kier molecular flexibility index (Phi) is 4.28. The summed E-state index contributed by atoms with van der Waals surface area (Å²) in [5, 5.41) is 1.73. The fraction of sp³-hybridized carbons (Fsp3) is 0.316. The fourth-order valence-corrected chi connectivity index (χ4v) is 6.68. The van der Waals surface area contributed by atoms with E-state index in [4.69, 9.17) is 11.6 Å². The maximum Gasteiger partial charge on any atom is 0.281 e. The van der Waals surface area contributed by atoms with Gasteiger partial charge in [0.15, 0.2) is 15.1 Å². The zero-order valence-electron chi connectivity index (χ0n) is 15.2. The molecule has 1 N–H and O–H groups in total. The maximum absolute atomic E-state index is 13.0. The summed E-state index contributed by atoms with van der Waals surface area (Å²) in [5.41, 5.74) is 4.28. The summed E-state index contributed by atoms with van der Waals surface area (Å²) >= 11 is 7.46. The zero-order chi connectivity index (χ0) is 19.5. The Hall–Kier alpha value is -1.87. The van der Waals surface area contributed by atoms with E-state index in [9.17, 15) is 8.42 Å². The van der Waals surface area contributed by atoms with Crippen LogP contribution in [0.2, 0.25) is 5.15 Å². The average Bonchev–Trinajstić information content (AvgIpc) is 3.37. The number of nitrogens with zero attached hydrogens (tertiary/aromatic N) is 3. The first-order valence-corrected chi connectivity index (χ1v) is 11.8. The van der Waals surface area contributed by atoms with E-state index in [1.165, 1.54) is 26.9 Å². The first kappa shape index (κ1) is 18.2. The Morgan fingerprint density at radius 1 is 1.36 bits per heavy atom. The van der Waals surface area contributed by atoms with Crippen LogP contribution < -0.4 is 4.72 Å². The Morgan fingerprint density at radius 2 is 2.21 bits per heavy atom. The Labute approximate surface area is 172 Å². The highest BCUT2D eigenvalue weighted by atomic mass is 35.5. The van der Waals surface area contributed by atoms with Crippen molar-refractivity contribution in [3.63, 3.8) is 0 Å². The number of anilines is 1. The molecular formula is C19H19ClN4O2S2. The van der Waals surface area contributed by atoms with Crippen LogP contribution in [0.5, 0.6) is 0 Å². The molecule has 146 valence electrons. The molecule has 1 aliphatic carbocycles. The molecule has 3 heterocycles. The Morgan fingerprint density at radius 3 is 3.00 bits per heavy atom. The van der Waals surface area contributed by atoms with E-state index in [1.807, 2.05) is 18.2 Å². The molecule has 1 unspecified atom stereocenters. The molecule has 1 saturated heterocycles. The lowest BCUT2D eigenvalue weighted by Crippen LogP contribution is -2.16. The number of benzene rings is 1. The summed E-state index contributed by atoms with van der Waals surface area (Å²) in [7, 11) is -1.72. The van der Waals surface area contributed by atoms with E-state index in [0.29, 0.717) is 16.6 Å². The first-order valence-electron chi connectivity index (χ1n) is 9.08. The topological polar surface area (TPSA) is 66.7 Å². The lowest BCUT2D eigenvalue weighted by Gasteiger charge is -2.15. The molecule has 6 nitrogen and oxygen atoms in total. The highest BCUT2D eigenvalue weighted by Crippen LogP contribution is 2.38. The van der Waals surface area contributed by atoms with E-state index in [1.54, 1.807) is 11.6 Å². The number of fused-ring (bicyclic) bond motifs is 2. The number of nitrogens with one attached hydrogen (secondary N) is 1. The number of hydrogen-bond donors (Lipinski definition) is 1. The van der Waals surface area contributed by atoms with Crippen molar-refractivity contribution in [3.8, 4) is 0 Å². The van der Waals surface area contributed by atoms with Gasteiger partial charge in [0.2, 0.25) is 0 Å². The quantitative estimate of drug-likeness (QED) is 0.679. The number of thiazole rings is 1. The number of sulfonamides is 1. The predicted molar refractivity (Wildman–Crippen MR) is 113 cm³/mol. The van der Waals surface area contributed by atoms with Gasteiger partial charge in [-0.05, 0) is 61.2 Å². The molecule has 2 aliphatic rings. The second-order valence-corrected chi connectivity index (χ2v) is 10.2. The molecule has 0 saturated carbocycles. The van der Waals surface area contributed by atoms with Crippen LogP contribution >= 0.6 is 22.9 Å². The van der Waals surface area contributed by atoms with Crippen LogP contribution in [0.15, 0.2) is 40.9 Å². The lowest BCUT2D eigenvalue weighted by molar-refractivity contribution is 0.409. The van der Waals surface area contributed by atoms with Gasteiger partial charge in [-0.1, -0.05) is 23.7 Å². The number of aromatic nitrogens is 2. The van der Waals surface area contributed by atoms with Gasteiger partial charge < -0.3 is 4.90 Å². The third-order valence-corrected chi connectivity index (χ3v) is 8.01. The van der Waals surface area contributed by atoms with Gasteiger partial charge in [-0.2, -0.15) is 8.42 Å². The van der Waals surface area contributed by atoms with Crippen LogP contribution in [0.3, 0.4) is 0 Å². The fourth-order valence-electron chi connectivity index (χ4n) is 4.17. The summed E-state index contributed by atoms with van der Waals surface area (Å²) in [6.45, 7) is 2.14. The minimum atomic E-state index is -3.86. The van der Waals surface area contributed by atoms with Gasteiger partial charge in [0.25, 0.3) is 10.0 Å². The summed E-state index contributed by atoms with van der Waals surface area (Å²) in [5.74, 6) is 0.507. The molecule has 28 heavy (non-hydrogen) atoms. The van der Waals surface area contributed by atoms with Gasteiger partial charge in [-0.15, -0.1) is 11.3 Å². The summed E-state index contributed by atoms with van der Waals surface area (Å²) < 4.78 is 30.2. The molecule has 9 heteroatoms. The van der Waals surface area contributed by atoms with E-state index < -0.39 is 10.0 Å². The van der Waals surface area contributed by atoms with E-state index >= 15 is 0 Å². The molecule has 0 radical (unpaired) electrons. The van der Waals surface area contributed by atoms with Crippen molar-refractivity contribution in [1.29, 1.82) is 0 Å². The van der Waals surface area contributed by atoms with E-state index in [2.05, 4.69) is 27.7 Å². The molecule has 1 aliphatic heterocycles. The van der Waals surface area contributed by atoms with Gasteiger partial charge in [0.05, 0.1) is 0 Å². The van der Waals surface area contributed by atoms with Gasteiger partial charge in [-0.25, -0.2) is 4.98 Å². The van der Waals surface area contributed by atoms with Crippen LogP contribution in [0.4, 0.5) is 5.69 Å². The van der Waals surface area contributed by atoms with Gasteiger partial charge in [0.1, 0.15) is 0 Å². The van der Waals surface area contributed by atoms with Crippen LogP contribution in [0, 0.1) is 5.92 Å². The molecule has 1 fully saturated rings. The smallest absolute Gasteiger partial charge is 0.281 e. The Bertz CT molecular complexity index is 1210. The molecule has 0 spiro atoms. The van der Waals surface area contributed by atoms with Gasteiger partial charge in [-0.3, -0.25) is 9.12 Å². The second-order valence-electron chi connectivity index (χ2n) is 7.35. The van der Waals surface area contributed by atoms with Crippen molar-refractivity contribution < 1.29 is 8.42 Å². The largest absolute Gasteiger partial charge is 0.306 e. The minimum Gasteiger partial charge on any atom is -0.306 e. The van der Waals surface area contributed by atoms with Crippen molar-refractivity contribution in [2.75, 3.05) is 24.9 Å². The molecular weight excluding hydrogens is 416 g/mol. The van der Waals surface area contributed by atoms with Crippen LogP contribution in [0.25, 0.3) is 10.5 Å². The lowest BCUT2D eigenvalue weighted by atomic mass is 9.93. The highest BCUT2D eigenvalue weighted by Gasteiger charge is 2.29.